The van der Waals surface area contributed by atoms with Gasteiger partial charge in [-0.15, -0.1) is 0 Å². The maximum Gasteiger partial charge on any atom is 0.416 e. The Hall–Kier alpha value is -3.27. The zero-order chi connectivity index (χ0) is 22.2. The highest BCUT2D eigenvalue weighted by molar-refractivity contribution is 5.94. The summed E-state index contributed by atoms with van der Waals surface area (Å²) in [5.74, 6) is -0.828. The molecule has 10 heteroatoms. The molecule has 3 aromatic rings. The van der Waals surface area contributed by atoms with Crippen molar-refractivity contribution in [1.82, 2.24) is 19.7 Å². The molecular weight excluding hydrogens is 414 g/mol. The van der Waals surface area contributed by atoms with Gasteiger partial charge >= 0.3 is 6.18 Å². The molecular formula is C21H19F4N5O. The van der Waals surface area contributed by atoms with Crippen molar-refractivity contribution in [2.24, 2.45) is 0 Å². The molecule has 1 aliphatic rings. The second kappa shape index (κ2) is 8.10. The molecule has 162 valence electrons. The van der Waals surface area contributed by atoms with Crippen LogP contribution >= 0.6 is 0 Å². The minimum absolute atomic E-state index is 0.0265. The lowest BCUT2D eigenvalue weighted by Gasteiger charge is -2.34. The average molecular weight is 433 g/mol. The standard InChI is InChI=1S/C21H19F4N5O/c1-13-17-9-16(22)4-2-14(17)6-7-29(13)10-20(31)28-18-8-15(21(23,24)25)3-5-19(18)30-12-26-11-27-30/h2-5,8-9,11-13H,6-7,10H2,1H3,(H,28,31). The van der Waals surface area contributed by atoms with Gasteiger partial charge in [-0.05, 0) is 54.8 Å². The predicted molar refractivity (Wildman–Crippen MR) is 105 cm³/mol. The van der Waals surface area contributed by atoms with Crippen LogP contribution in [0.3, 0.4) is 0 Å². The Morgan fingerprint density at radius 2 is 2.03 bits per heavy atom. The number of rotatable bonds is 4. The minimum atomic E-state index is -4.56. The predicted octanol–water partition coefficient (Wildman–Crippen LogP) is 3.98. The molecule has 0 aliphatic carbocycles. The number of hydrogen-bond donors (Lipinski definition) is 1. The van der Waals surface area contributed by atoms with E-state index in [2.05, 4.69) is 15.4 Å². The third-order valence-electron chi connectivity index (χ3n) is 5.38. The van der Waals surface area contributed by atoms with Crippen LogP contribution in [0, 0.1) is 5.82 Å². The largest absolute Gasteiger partial charge is 0.416 e. The fraction of sp³-hybridized carbons (Fsp3) is 0.286. The number of nitrogens with zero attached hydrogens (tertiary/aromatic N) is 4. The first-order valence-electron chi connectivity index (χ1n) is 9.61. The topological polar surface area (TPSA) is 63.1 Å². The van der Waals surface area contributed by atoms with Crippen molar-refractivity contribution in [3.05, 3.63) is 71.6 Å². The lowest BCUT2D eigenvalue weighted by molar-refractivity contribution is -0.137. The van der Waals surface area contributed by atoms with E-state index in [9.17, 15) is 22.4 Å². The van der Waals surface area contributed by atoms with Crippen molar-refractivity contribution in [1.29, 1.82) is 0 Å². The second-order valence-corrected chi connectivity index (χ2v) is 7.36. The van der Waals surface area contributed by atoms with Gasteiger partial charge in [-0.25, -0.2) is 14.1 Å². The van der Waals surface area contributed by atoms with Gasteiger partial charge in [0.1, 0.15) is 18.5 Å². The monoisotopic (exact) mass is 433 g/mol. The fourth-order valence-corrected chi connectivity index (χ4v) is 3.77. The maximum atomic E-state index is 13.7. The normalized spacial score (nSPS) is 16.7. The van der Waals surface area contributed by atoms with Gasteiger partial charge in [0.2, 0.25) is 5.91 Å². The first-order chi connectivity index (χ1) is 14.7. The summed E-state index contributed by atoms with van der Waals surface area (Å²) < 4.78 is 54.5. The first-order valence-corrected chi connectivity index (χ1v) is 9.61. The number of carbonyl (C=O) groups excluding carboxylic acids is 1. The first kappa shape index (κ1) is 21.0. The zero-order valence-electron chi connectivity index (χ0n) is 16.5. The quantitative estimate of drug-likeness (QED) is 0.633. The number of aromatic nitrogens is 3. The van der Waals surface area contributed by atoms with E-state index in [1.54, 1.807) is 6.07 Å². The van der Waals surface area contributed by atoms with Gasteiger partial charge in [-0.3, -0.25) is 9.69 Å². The molecule has 0 radical (unpaired) electrons. The molecule has 2 aromatic carbocycles. The van der Waals surface area contributed by atoms with Crippen LogP contribution < -0.4 is 5.32 Å². The van der Waals surface area contributed by atoms with Gasteiger partial charge in [-0.1, -0.05) is 6.07 Å². The van der Waals surface area contributed by atoms with Crippen LogP contribution in [0.25, 0.3) is 5.69 Å². The van der Waals surface area contributed by atoms with E-state index in [1.165, 1.54) is 35.5 Å². The highest BCUT2D eigenvalue weighted by Gasteiger charge is 2.32. The highest BCUT2D eigenvalue weighted by atomic mass is 19.4. The van der Waals surface area contributed by atoms with Crippen LogP contribution in [-0.2, 0) is 17.4 Å². The number of nitrogens with one attached hydrogen (secondary N) is 1. The van der Waals surface area contributed by atoms with Gasteiger partial charge in [-0.2, -0.15) is 18.3 Å². The number of hydrogen-bond acceptors (Lipinski definition) is 4. The highest BCUT2D eigenvalue weighted by Crippen LogP contribution is 2.34. The maximum absolute atomic E-state index is 13.7. The summed E-state index contributed by atoms with van der Waals surface area (Å²) in [4.78, 5) is 18.4. The summed E-state index contributed by atoms with van der Waals surface area (Å²) in [5.41, 5.74) is 1.18. The molecule has 0 spiro atoms. The van der Waals surface area contributed by atoms with E-state index in [1.807, 2.05) is 11.8 Å². The summed E-state index contributed by atoms with van der Waals surface area (Å²) in [7, 11) is 0. The molecule has 6 nitrogen and oxygen atoms in total. The molecule has 0 saturated heterocycles. The summed E-state index contributed by atoms with van der Waals surface area (Å²) in [6.45, 7) is 2.39. The Morgan fingerprint density at radius 3 is 2.74 bits per heavy atom. The fourth-order valence-electron chi connectivity index (χ4n) is 3.77. The van der Waals surface area contributed by atoms with Crippen molar-refractivity contribution in [3.8, 4) is 5.69 Å². The molecule has 1 unspecified atom stereocenters. The van der Waals surface area contributed by atoms with E-state index in [0.29, 0.717) is 13.0 Å². The Labute approximate surface area is 175 Å². The SMILES string of the molecule is CC1c2cc(F)ccc2CCN1CC(=O)Nc1cc(C(F)(F)F)ccc1-n1cncn1. The summed E-state index contributed by atoms with van der Waals surface area (Å²) in [6.07, 6.45) is -1.33. The molecule has 1 N–H and O–H groups in total. The van der Waals surface area contributed by atoms with Crippen molar-refractivity contribution in [3.63, 3.8) is 0 Å². The van der Waals surface area contributed by atoms with Gasteiger partial charge in [0, 0.05) is 12.6 Å². The lowest BCUT2D eigenvalue weighted by Crippen LogP contribution is -2.39. The average Bonchev–Trinajstić information content (AvgIpc) is 3.24. The number of alkyl halides is 3. The van der Waals surface area contributed by atoms with Gasteiger partial charge in [0.05, 0.1) is 23.5 Å². The zero-order valence-corrected chi connectivity index (χ0v) is 16.5. The summed E-state index contributed by atoms with van der Waals surface area (Å²) in [6, 6.07) is 7.43. The van der Waals surface area contributed by atoms with Crippen LogP contribution in [0.2, 0.25) is 0 Å². The van der Waals surface area contributed by atoms with E-state index >= 15 is 0 Å². The summed E-state index contributed by atoms with van der Waals surface area (Å²) >= 11 is 0. The molecule has 2 heterocycles. The second-order valence-electron chi connectivity index (χ2n) is 7.36. The van der Waals surface area contributed by atoms with E-state index in [-0.39, 0.29) is 29.8 Å². The van der Waals surface area contributed by atoms with Crippen LogP contribution in [-0.4, -0.2) is 38.7 Å². The molecule has 0 fully saturated rings. The Kier molecular flexibility index (Phi) is 5.48. The molecule has 0 bridgehead atoms. The Bertz CT molecular complexity index is 1100. The van der Waals surface area contributed by atoms with Crippen LogP contribution in [0.1, 0.15) is 29.7 Å². The van der Waals surface area contributed by atoms with Crippen molar-refractivity contribution >= 4 is 11.6 Å². The molecule has 1 amide bonds. The van der Waals surface area contributed by atoms with E-state index in [4.69, 9.17) is 0 Å². The van der Waals surface area contributed by atoms with E-state index < -0.39 is 17.6 Å². The molecule has 1 aliphatic heterocycles. The van der Waals surface area contributed by atoms with Crippen molar-refractivity contribution in [2.45, 2.75) is 25.6 Å². The van der Waals surface area contributed by atoms with Crippen molar-refractivity contribution < 1.29 is 22.4 Å². The number of anilines is 1. The smallest absolute Gasteiger partial charge is 0.323 e. The molecule has 1 atom stereocenters. The number of halogens is 4. The molecule has 4 rings (SSSR count). The number of benzene rings is 2. The molecule has 1 aromatic heterocycles. The van der Waals surface area contributed by atoms with Crippen molar-refractivity contribution in [2.75, 3.05) is 18.4 Å². The van der Waals surface area contributed by atoms with E-state index in [0.717, 1.165) is 23.3 Å². The number of amides is 1. The number of carbonyl (C=O) groups is 1. The summed E-state index contributed by atoms with van der Waals surface area (Å²) in [5, 5.41) is 6.51. The van der Waals surface area contributed by atoms with Crippen LogP contribution in [0.5, 0.6) is 0 Å². The molecule has 31 heavy (non-hydrogen) atoms. The van der Waals surface area contributed by atoms with Gasteiger partial charge in [0.15, 0.2) is 0 Å². The lowest BCUT2D eigenvalue weighted by atomic mass is 9.93. The Morgan fingerprint density at radius 1 is 1.23 bits per heavy atom. The third-order valence-corrected chi connectivity index (χ3v) is 5.38. The third kappa shape index (κ3) is 4.43. The van der Waals surface area contributed by atoms with Gasteiger partial charge in [0.25, 0.3) is 0 Å². The van der Waals surface area contributed by atoms with Crippen LogP contribution in [0.4, 0.5) is 23.2 Å². The minimum Gasteiger partial charge on any atom is -0.323 e. The van der Waals surface area contributed by atoms with Gasteiger partial charge < -0.3 is 5.32 Å². The van der Waals surface area contributed by atoms with Crippen LogP contribution in [0.15, 0.2) is 49.1 Å². The Balaban J connectivity index is 1.56. The number of fused-ring (bicyclic) bond motifs is 1. The molecule has 0 saturated carbocycles.